The number of nitrogens with two attached hydrogens (primary N) is 1. The molecule has 0 saturated carbocycles. The van der Waals surface area contributed by atoms with Gasteiger partial charge in [-0.3, -0.25) is 4.79 Å². The standard InChI is InChI=1S/C12H16N2O/c1-7-5-9(3-4-13)11-10(6-7)8(2)12(15)14-11/h5-6,8H,3-4,13H2,1-2H3,(H,14,15). The summed E-state index contributed by atoms with van der Waals surface area (Å²) < 4.78 is 0. The molecule has 1 aromatic carbocycles. The first-order valence-corrected chi connectivity index (χ1v) is 5.28. The smallest absolute Gasteiger partial charge is 0.231 e. The van der Waals surface area contributed by atoms with Crippen molar-refractivity contribution in [2.45, 2.75) is 26.2 Å². The largest absolute Gasteiger partial charge is 0.330 e. The summed E-state index contributed by atoms with van der Waals surface area (Å²) in [6.45, 7) is 4.60. The fourth-order valence-corrected chi connectivity index (χ4v) is 2.11. The van der Waals surface area contributed by atoms with Crippen LogP contribution in [-0.4, -0.2) is 12.5 Å². The monoisotopic (exact) mass is 204 g/mol. The maximum atomic E-state index is 11.6. The highest BCUT2D eigenvalue weighted by molar-refractivity contribution is 6.03. The quantitative estimate of drug-likeness (QED) is 0.768. The van der Waals surface area contributed by atoms with Gasteiger partial charge in [0.1, 0.15) is 0 Å². The first kappa shape index (κ1) is 10.2. The number of hydrogen-bond acceptors (Lipinski definition) is 2. The molecule has 1 atom stereocenters. The van der Waals surface area contributed by atoms with Crippen molar-refractivity contribution in [1.82, 2.24) is 0 Å². The molecule has 1 aliphatic rings. The maximum Gasteiger partial charge on any atom is 0.231 e. The highest BCUT2D eigenvalue weighted by atomic mass is 16.2. The van der Waals surface area contributed by atoms with E-state index >= 15 is 0 Å². The van der Waals surface area contributed by atoms with Crippen LogP contribution in [0.15, 0.2) is 12.1 Å². The van der Waals surface area contributed by atoms with E-state index in [4.69, 9.17) is 5.73 Å². The number of fused-ring (bicyclic) bond motifs is 1. The van der Waals surface area contributed by atoms with Crippen molar-refractivity contribution in [3.8, 4) is 0 Å². The lowest BCUT2D eigenvalue weighted by Gasteiger charge is -2.09. The van der Waals surface area contributed by atoms with Crippen molar-refractivity contribution < 1.29 is 4.79 Å². The normalized spacial score (nSPS) is 18.9. The van der Waals surface area contributed by atoms with Gasteiger partial charge >= 0.3 is 0 Å². The molecular weight excluding hydrogens is 188 g/mol. The molecule has 2 rings (SSSR count). The highest BCUT2D eigenvalue weighted by Crippen LogP contribution is 2.35. The Bertz CT molecular complexity index is 412. The molecule has 3 nitrogen and oxygen atoms in total. The van der Waals surface area contributed by atoms with E-state index in [0.29, 0.717) is 6.54 Å². The average molecular weight is 204 g/mol. The van der Waals surface area contributed by atoms with Gasteiger partial charge in [-0.2, -0.15) is 0 Å². The summed E-state index contributed by atoms with van der Waals surface area (Å²) >= 11 is 0. The Labute approximate surface area is 89.7 Å². The molecule has 1 aromatic rings. The third kappa shape index (κ3) is 1.63. The van der Waals surface area contributed by atoms with Crippen LogP contribution in [0.5, 0.6) is 0 Å². The number of nitrogens with one attached hydrogen (secondary N) is 1. The number of carbonyl (C=O) groups excluding carboxylic acids is 1. The lowest BCUT2D eigenvalue weighted by Crippen LogP contribution is -2.09. The summed E-state index contributed by atoms with van der Waals surface area (Å²) in [4.78, 5) is 11.6. The van der Waals surface area contributed by atoms with E-state index in [0.717, 1.165) is 23.2 Å². The van der Waals surface area contributed by atoms with Gasteiger partial charge in [0.2, 0.25) is 5.91 Å². The van der Waals surface area contributed by atoms with Crippen molar-refractivity contribution in [3.05, 3.63) is 28.8 Å². The minimum absolute atomic E-state index is 0.0311. The van der Waals surface area contributed by atoms with Crippen LogP contribution in [0.3, 0.4) is 0 Å². The summed E-state index contributed by atoms with van der Waals surface area (Å²) in [6.07, 6.45) is 0.816. The molecule has 1 heterocycles. The van der Waals surface area contributed by atoms with Crippen LogP contribution in [0.2, 0.25) is 0 Å². The number of rotatable bonds is 2. The number of aryl methyl sites for hydroxylation is 1. The molecule has 0 radical (unpaired) electrons. The zero-order valence-electron chi connectivity index (χ0n) is 9.13. The minimum atomic E-state index is -0.0311. The van der Waals surface area contributed by atoms with E-state index < -0.39 is 0 Å². The summed E-state index contributed by atoms with van der Waals surface area (Å²) in [7, 11) is 0. The number of hydrogen-bond donors (Lipinski definition) is 2. The highest BCUT2D eigenvalue weighted by Gasteiger charge is 2.28. The van der Waals surface area contributed by atoms with Crippen LogP contribution in [-0.2, 0) is 11.2 Å². The molecule has 0 aliphatic carbocycles. The topological polar surface area (TPSA) is 55.1 Å². The van der Waals surface area contributed by atoms with E-state index in [9.17, 15) is 4.79 Å². The fraction of sp³-hybridized carbons (Fsp3) is 0.417. The van der Waals surface area contributed by atoms with E-state index in [-0.39, 0.29) is 11.8 Å². The van der Waals surface area contributed by atoms with Gasteiger partial charge in [0.25, 0.3) is 0 Å². The second-order valence-corrected chi connectivity index (χ2v) is 4.14. The molecule has 0 aromatic heterocycles. The average Bonchev–Trinajstić information content (AvgIpc) is 2.46. The van der Waals surface area contributed by atoms with Gasteiger partial charge in [0.05, 0.1) is 5.92 Å². The zero-order chi connectivity index (χ0) is 11.0. The lowest BCUT2D eigenvalue weighted by atomic mass is 9.96. The molecule has 80 valence electrons. The van der Waals surface area contributed by atoms with Crippen LogP contribution < -0.4 is 11.1 Å². The number of anilines is 1. The molecule has 3 heteroatoms. The van der Waals surface area contributed by atoms with E-state index in [2.05, 4.69) is 24.4 Å². The van der Waals surface area contributed by atoms with Gasteiger partial charge in [0.15, 0.2) is 0 Å². The number of benzene rings is 1. The first-order chi connectivity index (χ1) is 7.13. The molecule has 0 spiro atoms. The van der Waals surface area contributed by atoms with Gasteiger partial charge in [-0.15, -0.1) is 0 Å². The number of amides is 1. The lowest BCUT2D eigenvalue weighted by molar-refractivity contribution is -0.116. The fourth-order valence-electron chi connectivity index (χ4n) is 2.11. The predicted molar refractivity (Wildman–Crippen MR) is 61.0 cm³/mol. The molecule has 15 heavy (non-hydrogen) atoms. The Hall–Kier alpha value is -1.35. The van der Waals surface area contributed by atoms with Crippen LogP contribution in [0.25, 0.3) is 0 Å². The van der Waals surface area contributed by atoms with Crippen molar-refractivity contribution in [3.63, 3.8) is 0 Å². The van der Waals surface area contributed by atoms with Crippen LogP contribution in [0.1, 0.15) is 29.5 Å². The van der Waals surface area contributed by atoms with Gasteiger partial charge in [-0.25, -0.2) is 0 Å². The summed E-state index contributed by atoms with van der Waals surface area (Å²) in [5.74, 6) is 0.0605. The van der Waals surface area contributed by atoms with Gasteiger partial charge in [-0.1, -0.05) is 17.7 Å². The van der Waals surface area contributed by atoms with E-state index in [1.807, 2.05) is 6.92 Å². The predicted octanol–water partition coefficient (Wildman–Crippen LogP) is 1.55. The molecular formula is C12H16N2O. The molecule has 1 unspecified atom stereocenters. The third-order valence-electron chi connectivity index (χ3n) is 2.92. The molecule has 1 aliphatic heterocycles. The van der Waals surface area contributed by atoms with Gasteiger partial charge in [-0.05, 0) is 37.9 Å². The summed E-state index contributed by atoms with van der Waals surface area (Å²) in [5, 5.41) is 2.93. The van der Waals surface area contributed by atoms with Gasteiger partial charge in [0, 0.05) is 5.69 Å². The van der Waals surface area contributed by atoms with Crippen LogP contribution in [0.4, 0.5) is 5.69 Å². The Morgan fingerprint density at radius 1 is 1.47 bits per heavy atom. The molecule has 3 N–H and O–H groups in total. The zero-order valence-corrected chi connectivity index (χ0v) is 9.13. The van der Waals surface area contributed by atoms with Crippen LogP contribution in [0, 0.1) is 6.92 Å². The molecule has 0 fully saturated rings. The Kier molecular flexibility index (Phi) is 2.49. The molecule has 0 bridgehead atoms. The second kappa shape index (κ2) is 3.66. The van der Waals surface area contributed by atoms with Crippen LogP contribution >= 0.6 is 0 Å². The Balaban J connectivity index is 2.52. The first-order valence-electron chi connectivity index (χ1n) is 5.28. The SMILES string of the molecule is Cc1cc(CCN)c2c(c1)C(C)C(=O)N2. The van der Waals surface area contributed by atoms with Gasteiger partial charge < -0.3 is 11.1 Å². The summed E-state index contributed by atoms with van der Waals surface area (Å²) in [5.41, 5.74) is 10.0. The van der Waals surface area contributed by atoms with E-state index in [1.54, 1.807) is 0 Å². The van der Waals surface area contributed by atoms with Crippen molar-refractivity contribution in [2.24, 2.45) is 5.73 Å². The van der Waals surface area contributed by atoms with E-state index in [1.165, 1.54) is 5.56 Å². The van der Waals surface area contributed by atoms with Crippen molar-refractivity contribution in [1.29, 1.82) is 0 Å². The maximum absolute atomic E-state index is 11.6. The minimum Gasteiger partial charge on any atom is -0.330 e. The summed E-state index contributed by atoms with van der Waals surface area (Å²) in [6, 6.07) is 4.18. The Morgan fingerprint density at radius 2 is 2.20 bits per heavy atom. The molecule has 0 saturated heterocycles. The second-order valence-electron chi connectivity index (χ2n) is 4.14. The van der Waals surface area contributed by atoms with Crippen molar-refractivity contribution in [2.75, 3.05) is 11.9 Å². The Morgan fingerprint density at radius 3 is 2.87 bits per heavy atom. The molecule has 1 amide bonds. The number of carbonyl (C=O) groups is 1. The van der Waals surface area contributed by atoms with Crippen molar-refractivity contribution >= 4 is 11.6 Å². The third-order valence-corrected chi connectivity index (χ3v) is 2.92.